The van der Waals surface area contributed by atoms with Crippen LogP contribution in [-0.2, 0) is 11.2 Å². The van der Waals surface area contributed by atoms with Crippen LogP contribution in [0.2, 0.25) is 0 Å². The van der Waals surface area contributed by atoms with Gasteiger partial charge < -0.3 is 10.2 Å². The number of amides is 1. The van der Waals surface area contributed by atoms with E-state index in [1.807, 2.05) is 6.07 Å². The Balaban J connectivity index is 1.82. The lowest BCUT2D eigenvalue weighted by Gasteiger charge is -2.35. The van der Waals surface area contributed by atoms with Gasteiger partial charge in [-0.05, 0) is 30.9 Å². The maximum Gasteiger partial charge on any atom is 0.230 e. The number of hydrogen-bond donors (Lipinski definition) is 1. The molecule has 0 bridgehead atoms. The molecule has 1 N–H and O–H groups in total. The van der Waals surface area contributed by atoms with E-state index in [0.717, 1.165) is 32.5 Å². The molecule has 1 saturated heterocycles. The highest BCUT2D eigenvalue weighted by molar-refractivity contribution is 5.85. The van der Waals surface area contributed by atoms with Crippen LogP contribution in [0.5, 0.6) is 0 Å². The summed E-state index contributed by atoms with van der Waals surface area (Å²) in [6.45, 7) is 4.81. The molecule has 2 aliphatic rings. The zero-order valence-electron chi connectivity index (χ0n) is 10.9. The Morgan fingerprint density at radius 2 is 2.22 bits per heavy atom. The van der Waals surface area contributed by atoms with Crippen molar-refractivity contribution in [3.8, 4) is 0 Å². The summed E-state index contributed by atoms with van der Waals surface area (Å²) >= 11 is 0. The van der Waals surface area contributed by atoms with Gasteiger partial charge in [-0.2, -0.15) is 0 Å². The molecular weight excluding hydrogens is 224 g/mol. The average molecular weight is 244 g/mol. The van der Waals surface area contributed by atoms with E-state index in [1.165, 1.54) is 11.1 Å². The maximum absolute atomic E-state index is 12.7. The molecule has 0 spiro atoms. The topological polar surface area (TPSA) is 32.3 Å². The quantitative estimate of drug-likeness (QED) is 0.812. The minimum absolute atomic E-state index is 0.0988. The van der Waals surface area contributed by atoms with Crippen LogP contribution in [0, 0.1) is 0 Å². The fourth-order valence-electron chi connectivity index (χ4n) is 3.18. The first-order valence-corrected chi connectivity index (χ1v) is 6.86. The molecule has 1 aromatic carbocycles. The number of benzene rings is 1. The van der Waals surface area contributed by atoms with Gasteiger partial charge in [-0.1, -0.05) is 24.3 Å². The standard InChI is InChI=1S/C15H20N2O/c1-11-10-16-8-9-17(11)15(18)14-7-6-12-4-2-3-5-13(12)14/h2-5,11,14,16H,6-10H2,1H3/t11-,14?/m1/s1. The van der Waals surface area contributed by atoms with Gasteiger partial charge in [0.2, 0.25) is 5.91 Å². The number of hydrogen-bond acceptors (Lipinski definition) is 2. The summed E-state index contributed by atoms with van der Waals surface area (Å²) in [6, 6.07) is 8.71. The second-order valence-corrected chi connectivity index (χ2v) is 5.37. The largest absolute Gasteiger partial charge is 0.337 e. The van der Waals surface area contributed by atoms with Gasteiger partial charge in [0.15, 0.2) is 0 Å². The van der Waals surface area contributed by atoms with E-state index in [1.54, 1.807) is 0 Å². The summed E-state index contributed by atoms with van der Waals surface area (Å²) in [5.74, 6) is 0.427. The number of aryl methyl sites for hydroxylation is 1. The second kappa shape index (κ2) is 4.73. The highest BCUT2D eigenvalue weighted by Gasteiger charge is 2.33. The summed E-state index contributed by atoms with van der Waals surface area (Å²) in [5.41, 5.74) is 2.62. The van der Waals surface area contributed by atoms with Gasteiger partial charge in [-0.25, -0.2) is 0 Å². The number of rotatable bonds is 1. The van der Waals surface area contributed by atoms with Crippen LogP contribution >= 0.6 is 0 Å². The van der Waals surface area contributed by atoms with Crippen molar-refractivity contribution in [3.05, 3.63) is 35.4 Å². The lowest BCUT2D eigenvalue weighted by molar-refractivity contribution is -0.135. The predicted molar refractivity (Wildman–Crippen MR) is 71.5 cm³/mol. The van der Waals surface area contributed by atoms with Gasteiger partial charge in [0.25, 0.3) is 0 Å². The van der Waals surface area contributed by atoms with Crippen LogP contribution in [0.1, 0.15) is 30.4 Å². The summed E-state index contributed by atoms with van der Waals surface area (Å²) in [6.07, 6.45) is 2.03. The zero-order valence-corrected chi connectivity index (χ0v) is 10.9. The van der Waals surface area contributed by atoms with Crippen molar-refractivity contribution in [1.29, 1.82) is 0 Å². The number of piperazine rings is 1. The molecule has 1 fully saturated rings. The normalized spacial score (nSPS) is 27.1. The van der Waals surface area contributed by atoms with Crippen LogP contribution in [0.4, 0.5) is 0 Å². The first-order chi connectivity index (χ1) is 8.77. The number of nitrogens with one attached hydrogen (secondary N) is 1. The molecule has 96 valence electrons. The van der Waals surface area contributed by atoms with E-state index in [9.17, 15) is 4.79 Å². The molecule has 1 heterocycles. The number of nitrogens with zero attached hydrogens (tertiary/aromatic N) is 1. The lowest BCUT2D eigenvalue weighted by atomic mass is 9.98. The second-order valence-electron chi connectivity index (χ2n) is 5.37. The van der Waals surface area contributed by atoms with Crippen molar-refractivity contribution in [3.63, 3.8) is 0 Å². The Hall–Kier alpha value is -1.35. The minimum atomic E-state index is 0.0988. The fraction of sp³-hybridized carbons (Fsp3) is 0.533. The maximum atomic E-state index is 12.7. The van der Waals surface area contributed by atoms with E-state index in [4.69, 9.17) is 0 Å². The predicted octanol–water partition coefficient (Wildman–Crippen LogP) is 1.54. The number of carbonyl (C=O) groups is 1. The van der Waals surface area contributed by atoms with E-state index in [2.05, 4.69) is 35.3 Å². The first-order valence-electron chi connectivity index (χ1n) is 6.86. The molecule has 0 saturated carbocycles. The average Bonchev–Trinajstić information content (AvgIpc) is 2.82. The molecule has 2 atom stereocenters. The zero-order chi connectivity index (χ0) is 12.5. The van der Waals surface area contributed by atoms with Crippen molar-refractivity contribution in [2.75, 3.05) is 19.6 Å². The summed E-state index contributed by atoms with van der Waals surface area (Å²) in [4.78, 5) is 14.7. The Labute approximate surface area is 108 Å². The first kappa shape index (κ1) is 11.7. The van der Waals surface area contributed by atoms with Crippen LogP contribution in [0.25, 0.3) is 0 Å². The Morgan fingerprint density at radius 3 is 3.06 bits per heavy atom. The molecule has 18 heavy (non-hydrogen) atoms. The van der Waals surface area contributed by atoms with Crippen molar-refractivity contribution >= 4 is 5.91 Å². The van der Waals surface area contributed by atoms with E-state index >= 15 is 0 Å². The molecular formula is C15H20N2O. The molecule has 0 aromatic heterocycles. The summed E-state index contributed by atoms with van der Waals surface area (Å²) in [7, 11) is 0. The molecule has 1 aliphatic heterocycles. The van der Waals surface area contributed by atoms with Gasteiger partial charge >= 0.3 is 0 Å². The van der Waals surface area contributed by atoms with E-state index in [-0.39, 0.29) is 5.92 Å². The van der Waals surface area contributed by atoms with Gasteiger partial charge in [0, 0.05) is 25.7 Å². The third kappa shape index (κ3) is 1.93. The Morgan fingerprint density at radius 1 is 1.39 bits per heavy atom. The van der Waals surface area contributed by atoms with Crippen molar-refractivity contribution < 1.29 is 4.79 Å². The molecule has 3 rings (SSSR count). The van der Waals surface area contributed by atoms with Gasteiger partial charge in [-0.15, -0.1) is 0 Å². The van der Waals surface area contributed by atoms with Crippen LogP contribution in [0.3, 0.4) is 0 Å². The van der Waals surface area contributed by atoms with Crippen molar-refractivity contribution in [2.24, 2.45) is 0 Å². The SMILES string of the molecule is C[C@@H]1CNCCN1C(=O)C1CCc2ccccc21. The Kier molecular flexibility index (Phi) is 3.08. The minimum Gasteiger partial charge on any atom is -0.337 e. The van der Waals surface area contributed by atoms with Gasteiger partial charge in [0.05, 0.1) is 5.92 Å². The number of fused-ring (bicyclic) bond motifs is 1. The molecule has 3 heteroatoms. The highest BCUT2D eigenvalue weighted by Crippen LogP contribution is 2.34. The number of carbonyl (C=O) groups excluding carboxylic acids is 1. The molecule has 1 amide bonds. The third-order valence-corrected chi connectivity index (χ3v) is 4.22. The van der Waals surface area contributed by atoms with Crippen molar-refractivity contribution in [1.82, 2.24) is 10.2 Å². The third-order valence-electron chi connectivity index (χ3n) is 4.22. The fourth-order valence-corrected chi connectivity index (χ4v) is 3.18. The molecule has 1 aliphatic carbocycles. The smallest absolute Gasteiger partial charge is 0.230 e. The van der Waals surface area contributed by atoms with Gasteiger partial charge in [-0.3, -0.25) is 4.79 Å². The van der Waals surface area contributed by atoms with E-state index < -0.39 is 0 Å². The monoisotopic (exact) mass is 244 g/mol. The molecule has 1 aromatic rings. The van der Waals surface area contributed by atoms with Gasteiger partial charge in [0.1, 0.15) is 0 Å². The molecule has 3 nitrogen and oxygen atoms in total. The van der Waals surface area contributed by atoms with Crippen LogP contribution in [-0.4, -0.2) is 36.5 Å². The summed E-state index contributed by atoms with van der Waals surface area (Å²) in [5, 5.41) is 3.34. The van der Waals surface area contributed by atoms with E-state index in [0.29, 0.717) is 11.9 Å². The Bertz CT molecular complexity index is 458. The lowest BCUT2D eigenvalue weighted by Crippen LogP contribution is -2.53. The molecule has 0 radical (unpaired) electrons. The molecule has 1 unspecified atom stereocenters. The van der Waals surface area contributed by atoms with Crippen LogP contribution in [0.15, 0.2) is 24.3 Å². The highest BCUT2D eigenvalue weighted by atomic mass is 16.2. The van der Waals surface area contributed by atoms with Crippen molar-refractivity contribution in [2.45, 2.75) is 31.7 Å². The van der Waals surface area contributed by atoms with Crippen LogP contribution < -0.4 is 5.32 Å². The summed E-state index contributed by atoms with van der Waals surface area (Å²) < 4.78 is 0.